The Labute approximate surface area is 135 Å². The van der Waals surface area contributed by atoms with Crippen molar-refractivity contribution in [3.63, 3.8) is 0 Å². The Balaban J connectivity index is 2.21. The maximum atomic E-state index is 12.3. The van der Waals surface area contributed by atoms with Crippen LogP contribution in [0.5, 0.6) is 0 Å². The molecule has 0 saturated carbocycles. The van der Waals surface area contributed by atoms with E-state index in [9.17, 15) is 14.7 Å². The number of amides is 1. The van der Waals surface area contributed by atoms with E-state index in [2.05, 4.69) is 10.3 Å². The second-order valence-corrected chi connectivity index (χ2v) is 5.50. The lowest BCUT2D eigenvalue weighted by atomic mass is 9.99. The summed E-state index contributed by atoms with van der Waals surface area (Å²) in [5.41, 5.74) is 2.11. The molecule has 2 atom stereocenters. The molecular formula is C18H20N2O3. The van der Waals surface area contributed by atoms with Crippen LogP contribution in [0.1, 0.15) is 30.6 Å². The highest BCUT2D eigenvalue weighted by molar-refractivity contribution is 5.97. The molecule has 0 radical (unpaired) electrons. The lowest BCUT2D eigenvalue weighted by molar-refractivity contribution is -0.140. The minimum atomic E-state index is -1.03. The highest BCUT2D eigenvalue weighted by atomic mass is 16.4. The molecule has 0 spiro atoms. The van der Waals surface area contributed by atoms with Gasteiger partial charge in [0.2, 0.25) is 0 Å². The molecule has 0 unspecified atom stereocenters. The van der Waals surface area contributed by atoms with Gasteiger partial charge in [-0.3, -0.25) is 9.78 Å². The summed E-state index contributed by atoms with van der Waals surface area (Å²) in [4.78, 5) is 27.8. The van der Waals surface area contributed by atoms with Gasteiger partial charge in [-0.15, -0.1) is 0 Å². The summed E-state index contributed by atoms with van der Waals surface area (Å²) >= 11 is 0. The fourth-order valence-electron chi connectivity index (χ4n) is 2.26. The van der Waals surface area contributed by atoms with E-state index in [1.54, 1.807) is 19.2 Å². The van der Waals surface area contributed by atoms with Gasteiger partial charge in [0.1, 0.15) is 6.04 Å². The summed E-state index contributed by atoms with van der Waals surface area (Å²) < 4.78 is 0. The summed E-state index contributed by atoms with van der Waals surface area (Å²) in [7, 11) is 0. The van der Waals surface area contributed by atoms with Gasteiger partial charge in [0.05, 0.1) is 5.56 Å². The van der Waals surface area contributed by atoms with Gasteiger partial charge < -0.3 is 10.4 Å². The zero-order chi connectivity index (χ0) is 16.8. The molecule has 1 aromatic heterocycles. The topological polar surface area (TPSA) is 79.3 Å². The number of hydrogen-bond acceptors (Lipinski definition) is 3. The standard InChI is InChI=1S/C18H20N2O3/c1-3-12(2)16(18(22)23)20-17(21)15-9-14(10-19-11-15)13-7-5-4-6-8-13/h4-12,16H,3H2,1-2H3,(H,20,21)(H,22,23)/t12-,16-/m0/s1. The zero-order valence-corrected chi connectivity index (χ0v) is 13.2. The minimum Gasteiger partial charge on any atom is -0.480 e. The van der Waals surface area contributed by atoms with Crippen molar-refractivity contribution in [3.05, 3.63) is 54.4 Å². The smallest absolute Gasteiger partial charge is 0.326 e. The Morgan fingerprint density at radius 3 is 2.48 bits per heavy atom. The number of carbonyl (C=O) groups is 2. The molecule has 0 aliphatic rings. The lowest BCUT2D eigenvalue weighted by Crippen LogP contribution is -2.45. The maximum Gasteiger partial charge on any atom is 0.326 e. The molecule has 0 saturated heterocycles. The van der Waals surface area contributed by atoms with E-state index < -0.39 is 17.9 Å². The average molecular weight is 312 g/mol. The van der Waals surface area contributed by atoms with E-state index in [-0.39, 0.29) is 5.92 Å². The first-order valence-electron chi connectivity index (χ1n) is 7.57. The van der Waals surface area contributed by atoms with Gasteiger partial charge in [-0.1, -0.05) is 50.6 Å². The Bertz CT molecular complexity index is 686. The largest absolute Gasteiger partial charge is 0.480 e. The highest BCUT2D eigenvalue weighted by Gasteiger charge is 2.25. The summed E-state index contributed by atoms with van der Waals surface area (Å²) in [6.45, 7) is 3.70. The van der Waals surface area contributed by atoms with Gasteiger partial charge in [0.15, 0.2) is 0 Å². The summed E-state index contributed by atoms with van der Waals surface area (Å²) in [5.74, 6) is -1.61. The van der Waals surface area contributed by atoms with Crippen LogP contribution in [-0.4, -0.2) is 28.0 Å². The third kappa shape index (κ3) is 4.16. The number of carboxylic acid groups (broad SMARTS) is 1. The molecule has 1 heterocycles. The summed E-state index contributed by atoms with van der Waals surface area (Å²) in [5, 5.41) is 11.9. The number of nitrogens with zero attached hydrogens (tertiary/aromatic N) is 1. The number of nitrogens with one attached hydrogen (secondary N) is 1. The normalized spacial score (nSPS) is 13.1. The number of pyridine rings is 1. The Kier molecular flexibility index (Phi) is 5.46. The Hall–Kier alpha value is -2.69. The van der Waals surface area contributed by atoms with Crippen LogP contribution in [0.2, 0.25) is 0 Å². The third-order valence-corrected chi connectivity index (χ3v) is 3.87. The average Bonchev–Trinajstić information content (AvgIpc) is 2.59. The van der Waals surface area contributed by atoms with Crippen LogP contribution in [0.4, 0.5) is 0 Å². The molecule has 0 aliphatic heterocycles. The molecule has 1 aromatic carbocycles. The van der Waals surface area contributed by atoms with Crippen molar-refractivity contribution >= 4 is 11.9 Å². The van der Waals surface area contributed by atoms with E-state index >= 15 is 0 Å². The quantitative estimate of drug-likeness (QED) is 0.859. The van der Waals surface area contributed by atoms with E-state index in [1.165, 1.54) is 6.20 Å². The fraction of sp³-hybridized carbons (Fsp3) is 0.278. The predicted molar refractivity (Wildman–Crippen MR) is 88.0 cm³/mol. The number of rotatable bonds is 6. The SMILES string of the molecule is CC[C@H](C)[C@H](NC(=O)c1cncc(-c2ccccc2)c1)C(=O)O. The molecule has 5 heteroatoms. The number of carbonyl (C=O) groups excluding carboxylic acids is 1. The van der Waals surface area contributed by atoms with Crippen molar-refractivity contribution in [1.82, 2.24) is 10.3 Å². The number of benzene rings is 1. The van der Waals surface area contributed by atoms with Crippen molar-refractivity contribution in [2.45, 2.75) is 26.3 Å². The Morgan fingerprint density at radius 1 is 1.17 bits per heavy atom. The van der Waals surface area contributed by atoms with Gasteiger partial charge in [0.25, 0.3) is 5.91 Å². The van der Waals surface area contributed by atoms with Crippen molar-refractivity contribution in [2.24, 2.45) is 5.92 Å². The molecular weight excluding hydrogens is 292 g/mol. The molecule has 23 heavy (non-hydrogen) atoms. The zero-order valence-electron chi connectivity index (χ0n) is 13.2. The van der Waals surface area contributed by atoms with Crippen LogP contribution in [0.25, 0.3) is 11.1 Å². The van der Waals surface area contributed by atoms with Gasteiger partial charge >= 0.3 is 5.97 Å². The molecule has 2 rings (SSSR count). The summed E-state index contributed by atoms with van der Waals surface area (Å²) in [6, 6.07) is 10.4. The van der Waals surface area contributed by atoms with E-state index in [1.807, 2.05) is 37.3 Å². The first-order chi connectivity index (χ1) is 11.0. The highest BCUT2D eigenvalue weighted by Crippen LogP contribution is 2.19. The van der Waals surface area contributed by atoms with Crippen LogP contribution in [-0.2, 0) is 4.79 Å². The van der Waals surface area contributed by atoms with Crippen LogP contribution in [0, 0.1) is 5.92 Å². The van der Waals surface area contributed by atoms with Crippen LogP contribution in [0.3, 0.4) is 0 Å². The Morgan fingerprint density at radius 2 is 1.87 bits per heavy atom. The maximum absolute atomic E-state index is 12.3. The molecule has 120 valence electrons. The van der Waals surface area contributed by atoms with Crippen molar-refractivity contribution < 1.29 is 14.7 Å². The van der Waals surface area contributed by atoms with Crippen molar-refractivity contribution in [1.29, 1.82) is 0 Å². The van der Waals surface area contributed by atoms with Gasteiger partial charge in [-0.25, -0.2) is 4.79 Å². The predicted octanol–water partition coefficient (Wildman–Crippen LogP) is 2.98. The van der Waals surface area contributed by atoms with E-state index in [4.69, 9.17) is 0 Å². The number of hydrogen-bond donors (Lipinski definition) is 2. The number of aromatic nitrogens is 1. The molecule has 0 fully saturated rings. The van der Waals surface area contributed by atoms with E-state index in [0.29, 0.717) is 12.0 Å². The van der Waals surface area contributed by atoms with Crippen molar-refractivity contribution in [2.75, 3.05) is 0 Å². The van der Waals surface area contributed by atoms with Crippen LogP contribution >= 0.6 is 0 Å². The molecule has 2 N–H and O–H groups in total. The summed E-state index contributed by atoms with van der Waals surface area (Å²) in [6.07, 6.45) is 3.78. The van der Waals surface area contributed by atoms with Crippen molar-refractivity contribution in [3.8, 4) is 11.1 Å². The minimum absolute atomic E-state index is 0.151. The second kappa shape index (κ2) is 7.54. The third-order valence-electron chi connectivity index (χ3n) is 3.87. The first-order valence-corrected chi connectivity index (χ1v) is 7.57. The van der Waals surface area contributed by atoms with Crippen LogP contribution in [0.15, 0.2) is 48.8 Å². The molecule has 2 aromatic rings. The van der Waals surface area contributed by atoms with Crippen LogP contribution < -0.4 is 5.32 Å². The molecule has 1 amide bonds. The lowest BCUT2D eigenvalue weighted by Gasteiger charge is -2.20. The first kappa shape index (κ1) is 16.7. The fourth-order valence-corrected chi connectivity index (χ4v) is 2.26. The molecule has 0 bridgehead atoms. The number of aliphatic carboxylic acids is 1. The second-order valence-electron chi connectivity index (χ2n) is 5.50. The van der Waals surface area contributed by atoms with Gasteiger partial charge in [0, 0.05) is 18.0 Å². The van der Waals surface area contributed by atoms with Gasteiger partial charge in [-0.2, -0.15) is 0 Å². The van der Waals surface area contributed by atoms with E-state index in [0.717, 1.165) is 11.1 Å². The number of carboxylic acids is 1. The molecule has 0 aliphatic carbocycles. The molecule has 5 nitrogen and oxygen atoms in total. The van der Waals surface area contributed by atoms with Gasteiger partial charge in [-0.05, 0) is 17.5 Å². The monoisotopic (exact) mass is 312 g/mol.